The van der Waals surface area contributed by atoms with Gasteiger partial charge in [-0.1, -0.05) is 39.3 Å². The zero-order valence-corrected chi connectivity index (χ0v) is 22.5. The van der Waals surface area contributed by atoms with Gasteiger partial charge in [0.05, 0.1) is 24.8 Å². The van der Waals surface area contributed by atoms with Crippen molar-refractivity contribution < 1.29 is 24.2 Å². The maximum atomic E-state index is 13.3. The normalized spacial score (nSPS) is 17.0. The Morgan fingerprint density at radius 1 is 0.892 bits per heavy atom. The molecule has 3 rings (SSSR count). The largest absolute Gasteiger partial charge is 0.507 e. The summed E-state index contributed by atoms with van der Waals surface area (Å²) < 4.78 is 11.3. The lowest BCUT2D eigenvalue weighted by Crippen LogP contribution is -2.33. The number of unbranched alkanes of at least 4 members (excludes halogenated alkanes) is 1. The van der Waals surface area contributed by atoms with E-state index in [0.717, 1.165) is 44.5 Å². The predicted molar refractivity (Wildman–Crippen MR) is 146 cm³/mol. The minimum Gasteiger partial charge on any atom is -0.507 e. The maximum Gasteiger partial charge on any atom is 0.295 e. The molecule has 200 valence electrons. The van der Waals surface area contributed by atoms with Crippen molar-refractivity contribution in [3.05, 3.63) is 65.2 Å². The topological polar surface area (TPSA) is 79.3 Å². The number of hydrogen-bond donors (Lipinski definition) is 1. The van der Waals surface area contributed by atoms with Gasteiger partial charge in [0.2, 0.25) is 0 Å². The van der Waals surface area contributed by atoms with Crippen molar-refractivity contribution in [1.29, 1.82) is 0 Å². The number of nitrogens with zero attached hydrogens (tertiary/aromatic N) is 2. The Balaban J connectivity index is 1.95. The van der Waals surface area contributed by atoms with Crippen molar-refractivity contribution in [1.82, 2.24) is 9.80 Å². The maximum absolute atomic E-state index is 13.3. The van der Waals surface area contributed by atoms with Crippen LogP contribution in [0.25, 0.3) is 5.76 Å². The summed E-state index contributed by atoms with van der Waals surface area (Å²) in [6.45, 7) is 12.5. The summed E-state index contributed by atoms with van der Waals surface area (Å²) >= 11 is 0. The molecule has 0 aliphatic carbocycles. The van der Waals surface area contributed by atoms with Crippen LogP contribution in [0.1, 0.15) is 64.1 Å². The van der Waals surface area contributed by atoms with Crippen LogP contribution in [0.15, 0.2) is 54.1 Å². The molecule has 1 amide bonds. The van der Waals surface area contributed by atoms with E-state index < -0.39 is 17.7 Å². The van der Waals surface area contributed by atoms with E-state index in [0.29, 0.717) is 36.8 Å². The first-order valence-corrected chi connectivity index (χ1v) is 13.4. The van der Waals surface area contributed by atoms with Crippen molar-refractivity contribution in [2.75, 3.05) is 39.4 Å². The molecule has 37 heavy (non-hydrogen) atoms. The molecule has 1 heterocycles. The molecule has 0 spiro atoms. The minimum atomic E-state index is -0.673. The number of aliphatic hydroxyl groups excluding tert-OH is 1. The second kappa shape index (κ2) is 13.8. The second-order valence-electron chi connectivity index (χ2n) is 9.10. The van der Waals surface area contributed by atoms with Gasteiger partial charge in [0.1, 0.15) is 17.3 Å². The summed E-state index contributed by atoms with van der Waals surface area (Å²) in [6, 6.07) is 13.7. The summed E-state index contributed by atoms with van der Waals surface area (Å²) in [6.07, 6.45) is 2.73. The summed E-state index contributed by atoms with van der Waals surface area (Å²) in [5, 5.41) is 11.3. The molecule has 2 aromatic carbocycles. The smallest absolute Gasteiger partial charge is 0.295 e. The summed E-state index contributed by atoms with van der Waals surface area (Å²) in [5.74, 6) is -0.0149. The average Bonchev–Trinajstić information content (AvgIpc) is 3.17. The molecule has 0 bridgehead atoms. The van der Waals surface area contributed by atoms with Gasteiger partial charge < -0.3 is 24.4 Å². The highest BCUT2D eigenvalue weighted by Gasteiger charge is 2.45. The van der Waals surface area contributed by atoms with Gasteiger partial charge in [-0.2, -0.15) is 0 Å². The van der Waals surface area contributed by atoms with Crippen molar-refractivity contribution in [3.63, 3.8) is 0 Å². The molecule has 1 N–H and O–H groups in total. The molecule has 1 aliphatic rings. The zero-order valence-electron chi connectivity index (χ0n) is 22.5. The van der Waals surface area contributed by atoms with Crippen LogP contribution in [0.4, 0.5) is 0 Å². The van der Waals surface area contributed by atoms with E-state index in [-0.39, 0.29) is 11.3 Å². The number of hydrogen-bond acceptors (Lipinski definition) is 6. The molecule has 2 aromatic rings. The van der Waals surface area contributed by atoms with Gasteiger partial charge >= 0.3 is 0 Å². The molecule has 1 saturated heterocycles. The molecule has 1 aliphatic heterocycles. The third-order valence-corrected chi connectivity index (χ3v) is 6.71. The van der Waals surface area contributed by atoms with Gasteiger partial charge in [-0.25, -0.2) is 0 Å². The van der Waals surface area contributed by atoms with E-state index in [4.69, 9.17) is 9.47 Å². The van der Waals surface area contributed by atoms with Gasteiger partial charge in [-0.05, 0) is 81.4 Å². The van der Waals surface area contributed by atoms with Crippen LogP contribution in [-0.2, 0) is 9.59 Å². The molecule has 1 unspecified atom stereocenters. The van der Waals surface area contributed by atoms with Crippen molar-refractivity contribution in [2.45, 2.75) is 53.0 Å². The fourth-order valence-corrected chi connectivity index (χ4v) is 4.57. The Kier molecular flexibility index (Phi) is 10.6. The molecule has 1 atom stereocenters. The van der Waals surface area contributed by atoms with Crippen LogP contribution in [0.3, 0.4) is 0 Å². The average molecular weight is 509 g/mol. The number of rotatable bonds is 14. The number of Topliss-reactive ketones (excluding diaryl/α,β-unsaturated/α-hetero) is 1. The number of ether oxygens (including phenoxy) is 2. The van der Waals surface area contributed by atoms with Gasteiger partial charge in [0, 0.05) is 12.1 Å². The van der Waals surface area contributed by atoms with E-state index in [2.05, 4.69) is 25.7 Å². The molecular weight excluding hydrogens is 468 g/mol. The highest BCUT2D eigenvalue weighted by atomic mass is 16.5. The Morgan fingerprint density at radius 3 is 2.11 bits per heavy atom. The third-order valence-electron chi connectivity index (χ3n) is 6.71. The monoisotopic (exact) mass is 508 g/mol. The van der Waals surface area contributed by atoms with E-state index >= 15 is 0 Å². The fraction of sp³-hybridized carbons (Fsp3) is 0.467. The number of benzene rings is 2. The van der Waals surface area contributed by atoms with Crippen LogP contribution in [0.5, 0.6) is 11.5 Å². The van der Waals surface area contributed by atoms with E-state index in [9.17, 15) is 14.7 Å². The number of likely N-dealkylation sites (tertiary alicyclic amines) is 1. The molecule has 0 aromatic heterocycles. The SMILES string of the molecule is CCCCOc1ccc(/C(O)=C2/C(=O)C(=O)N(CCCN(CC)CC)C2c2ccc(OCC)cc2)cc1. The molecule has 7 heteroatoms. The van der Waals surface area contributed by atoms with Crippen molar-refractivity contribution in [2.24, 2.45) is 0 Å². The van der Waals surface area contributed by atoms with Gasteiger partial charge in [-0.15, -0.1) is 0 Å². The Labute approximate surface area is 220 Å². The molecule has 7 nitrogen and oxygen atoms in total. The number of carbonyl (C=O) groups excluding carboxylic acids is 2. The number of carbonyl (C=O) groups is 2. The van der Waals surface area contributed by atoms with Crippen LogP contribution < -0.4 is 9.47 Å². The lowest BCUT2D eigenvalue weighted by atomic mass is 9.95. The minimum absolute atomic E-state index is 0.108. The van der Waals surface area contributed by atoms with E-state index in [1.807, 2.05) is 31.2 Å². The van der Waals surface area contributed by atoms with Crippen molar-refractivity contribution >= 4 is 17.4 Å². The first-order chi connectivity index (χ1) is 17.9. The fourth-order valence-electron chi connectivity index (χ4n) is 4.57. The first-order valence-electron chi connectivity index (χ1n) is 13.4. The summed E-state index contributed by atoms with van der Waals surface area (Å²) in [7, 11) is 0. The number of amides is 1. The Bertz CT molecular complexity index is 1060. The Morgan fingerprint density at radius 2 is 1.51 bits per heavy atom. The quantitative estimate of drug-likeness (QED) is 0.159. The standard InChI is InChI=1S/C30H40N2O5/c1-5-9-21-37-25-17-13-23(14-18-25)28(33)26-27(22-11-15-24(16-12-22)36-8-4)32(30(35)29(26)34)20-10-19-31(6-2)7-3/h11-18,27,33H,5-10,19-21H2,1-4H3/b28-26-. The lowest BCUT2D eigenvalue weighted by molar-refractivity contribution is -0.140. The number of ketones is 1. The first kappa shape index (κ1) is 28.3. The summed E-state index contributed by atoms with van der Waals surface area (Å²) in [5.41, 5.74) is 1.34. The molecule has 0 radical (unpaired) electrons. The van der Waals surface area contributed by atoms with Gasteiger partial charge in [-0.3, -0.25) is 9.59 Å². The molecule has 0 saturated carbocycles. The highest BCUT2D eigenvalue weighted by molar-refractivity contribution is 6.46. The zero-order chi connectivity index (χ0) is 26.8. The van der Waals surface area contributed by atoms with Gasteiger partial charge in [0.25, 0.3) is 11.7 Å². The van der Waals surface area contributed by atoms with Crippen LogP contribution in [0.2, 0.25) is 0 Å². The lowest BCUT2D eigenvalue weighted by Gasteiger charge is -2.27. The van der Waals surface area contributed by atoms with E-state index in [1.165, 1.54) is 0 Å². The molecule has 1 fully saturated rings. The second-order valence-corrected chi connectivity index (χ2v) is 9.10. The van der Waals surface area contributed by atoms with Crippen molar-refractivity contribution in [3.8, 4) is 11.5 Å². The predicted octanol–water partition coefficient (Wildman–Crippen LogP) is 5.42. The van der Waals surface area contributed by atoms with Crippen LogP contribution >= 0.6 is 0 Å². The third kappa shape index (κ3) is 6.92. The van der Waals surface area contributed by atoms with Crippen LogP contribution in [0, 0.1) is 0 Å². The Hall–Kier alpha value is -3.32. The molecular formula is C30H40N2O5. The van der Waals surface area contributed by atoms with Gasteiger partial charge in [0.15, 0.2) is 0 Å². The number of aliphatic hydroxyl groups is 1. The van der Waals surface area contributed by atoms with Crippen LogP contribution in [-0.4, -0.2) is 66.0 Å². The highest BCUT2D eigenvalue weighted by Crippen LogP contribution is 2.40. The van der Waals surface area contributed by atoms with E-state index in [1.54, 1.807) is 29.2 Å². The summed E-state index contributed by atoms with van der Waals surface area (Å²) in [4.78, 5) is 30.3.